The number of rotatable bonds is 9. The fraction of sp³-hybridized carbons (Fsp3) is 0.647. The second-order valence-corrected chi connectivity index (χ2v) is 5.74. The van der Waals surface area contributed by atoms with Gasteiger partial charge in [-0.2, -0.15) is 0 Å². The van der Waals surface area contributed by atoms with Crippen LogP contribution in [-0.2, 0) is 0 Å². The monoisotopic (exact) mass is 277 g/mol. The van der Waals surface area contributed by atoms with Crippen molar-refractivity contribution in [1.82, 2.24) is 0 Å². The van der Waals surface area contributed by atoms with Gasteiger partial charge in [-0.15, -0.1) is 0 Å². The van der Waals surface area contributed by atoms with Crippen molar-refractivity contribution in [2.45, 2.75) is 39.5 Å². The van der Waals surface area contributed by atoms with Gasteiger partial charge in [-0.3, -0.25) is 0 Å². The van der Waals surface area contributed by atoms with E-state index in [1.165, 1.54) is 25.7 Å². The lowest BCUT2D eigenvalue weighted by Gasteiger charge is -2.31. The average molecular weight is 277 g/mol. The van der Waals surface area contributed by atoms with E-state index in [0.717, 1.165) is 24.0 Å². The fourth-order valence-electron chi connectivity index (χ4n) is 2.90. The number of ether oxygens (including phenoxy) is 2. The maximum atomic E-state index is 6.06. The number of hydrogen-bond acceptors (Lipinski definition) is 3. The second kappa shape index (κ2) is 6.98. The van der Waals surface area contributed by atoms with Crippen molar-refractivity contribution in [3.63, 3.8) is 0 Å². The van der Waals surface area contributed by atoms with Gasteiger partial charge in [0, 0.05) is 18.0 Å². The molecule has 3 heteroatoms. The summed E-state index contributed by atoms with van der Waals surface area (Å²) in [7, 11) is 0. The molecule has 1 aliphatic rings. The second-order valence-electron chi connectivity index (χ2n) is 5.74. The lowest BCUT2D eigenvalue weighted by Crippen LogP contribution is -2.29. The molecule has 1 aliphatic carbocycles. The number of nitrogens with two attached hydrogens (primary N) is 1. The summed E-state index contributed by atoms with van der Waals surface area (Å²) >= 11 is 0. The molecule has 0 aromatic heterocycles. The molecule has 0 radical (unpaired) electrons. The molecule has 0 atom stereocenters. The van der Waals surface area contributed by atoms with Crippen LogP contribution in [0.3, 0.4) is 0 Å². The van der Waals surface area contributed by atoms with E-state index < -0.39 is 0 Å². The number of hydrogen-bond donors (Lipinski definition) is 1. The zero-order valence-corrected chi connectivity index (χ0v) is 12.7. The molecule has 0 bridgehead atoms. The minimum Gasteiger partial charge on any atom is -0.493 e. The third kappa shape index (κ3) is 3.66. The summed E-state index contributed by atoms with van der Waals surface area (Å²) < 4.78 is 11.6. The average Bonchev–Trinajstić information content (AvgIpc) is 3.32. The van der Waals surface area contributed by atoms with Crippen molar-refractivity contribution >= 4 is 0 Å². The van der Waals surface area contributed by atoms with Crippen LogP contribution in [0.4, 0.5) is 0 Å². The predicted molar refractivity (Wildman–Crippen MR) is 82.2 cm³/mol. The molecule has 0 spiro atoms. The van der Waals surface area contributed by atoms with Gasteiger partial charge in [0.2, 0.25) is 0 Å². The third-order valence-corrected chi connectivity index (χ3v) is 4.57. The summed E-state index contributed by atoms with van der Waals surface area (Å²) in [6.45, 7) is 6.45. The first kappa shape index (κ1) is 15.2. The molecule has 1 fully saturated rings. The van der Waals surface area contributed by atoms with Crippen LogP contribution in [0, 0.1) is 11.3 Å². The number of benzene rings is 1. The third-order valence-electron chi connectivity index (χ3n) is 4.57. The summed E-state index contributed by atoms with van der Waals surface area (Å²) in [6.07, 6.45) is 5.12. The van der Waals surface area contributed by atoms with Crippen molar-refractivity contribution in [2.75, 3.05) is 19.8 Å². The topological polar surface area (TPSA) is 44.5 Å². The maximum Gasteiger partial charge on any atom is 0.123 e. The highest BCUT2D eigenvalue weighted by Gasteiger charge is 2.43. The zero-order valence-electron chi connectivity index (χ0n) is 12.7. The van der Waals surface area contributed by atoms with E-state index in [2.05, 4.69) is 13.8 Å². The lowest BCUT2D eigenvalue weighted by atomic mass is 9.78. The van der Waals surface area contributed by atoms with E-state index in [9.17, 15) is 0 Å². The molecule has 0 amide bonds. The van der Waals surface area contributed by atoms with Gasteiger partial charge in [-0.05, 0) is 43.7 Å². The Labute approximate surface area is 122 Å². The van der Waals surface area contributed by atoms with Gasteiger partial charge in [0.1, 0.15) is 18.1 Å². The summed E-state index contributed by atoms with van der Waals surface area (Å²) in [5.41, 5.74) is 5.81. The van der Waals surface area contributed by atoms with E-state index in [4.69, 9.17) is 15.2 Å². The quantitative estimate of drug-likeness (QED) is 0.750. The molecular formula is C17H27NO2. The van der Waals surface area contributed by atoms with Crippen LogP contribution in [-0.4, -0.2) is 19.8 Å². The zero-order chi connectivity index (χ0) is 14.4. The van der Waals surface area contributed by atoms with Crippen molar-refractivity contribution in [3.05, 3.63) is 24.3 Å². The molecule has 0 unspecified atom stereocenters. The first-order chi connectivity index (χ1) is 9.74. The predicted octanol–water partition coefficient (Wildman–Crippen LogP) is 3.62. The molecular weight excluding hydrogens is 250 g/mol. The Hall–Kier alpha value is -1.22. The highest BCUT2D eigenvalue weighted by Crippen LogP contribution is 2.50. The molecule has 2 N–H and O–H groups in total. The van der Waals surface area contributed by atoms with Gasteiger partial charge in [-0.1, -0.05) is 19.9 Å². The van der Waals surface area contributed by atoms with E-state index in [1.807, 2.05) is 24.3 Å². The van der Waals surface area contributed by atoms with E-state index >= 15 is 0 Å². The van der Waals surface area contributed by atoms with Crippen LogP contribution in [0.2, 0.25) is 0 Å². The Morgan fingerprint density at radius 1 is 1.15 bits per heavy atom. The van der Waals surface area contributed by atoms with Crippen LogP contribution in [0.1, 0.15) is 39.5 Å². The van der Waals surface area contributed by atoms with Crippen molar-refractivity contribution in [1.29, 1.82) is 0 Å². The van der Waals surface area contributed by atoms with Gasteiger partial charge < -0.3 is 15.2 Å². The van der Waals surface area contributed by atoms with Crippen LogP contribution < -0.4 is 15.2 Å². The Kier molecular flexibility index (Phi) is 5.30. The largest absolute Gasteiger partial charge is 0.493 e. The Morgan fingerprint density at radius 2 is 1.80 bits per heavy atom. The van der Waals surface area contributed by atoms with E-state index in [0.29, 0.717) is 18.6 Å². The SMILES string of the molecule is CCC(CC)(COc1cccc(OCCN)c1)C1CC1. The molecule has 1 saturated carbocycles. The maximum absolute atomic E-state index is 6.06. The van der Waals surface area contributed by atoms with Gasteiger partial charge >= 0.3 is 0 Å². The minimum atomic E-state index is 0.355. The van der Waals surface area contributed by atoms with Crippen LogP contribution in [0.25, 0.3) is 0 Å². The smallest absolute Gasteiger partial charge is 0.123 e. The van der Waals surface area contributed by atoms with E-state index in [-0.39, 0.29) is 0 Å². The van der Waals surface area contributed by atoms with Gasteiger partial charge in [0.05, 0.1) is 6.61 Å². The first-order valence-corrected chi connectivity index (χ1v) is 7.80. The lowest BCUT2D eigenvalue weighted by molar-refractivity contribution is 0.108. The van der Waals surface area contributed by atoms with Gasteiger partial charge in [0.25, 0.3) is 0 Å². The molecule has 0 aliphatic heterocycles. The van der Waals surface area contributed by atoms with Crippen molar-refractivity contribution in [3.8, 4) is 11.5 Å². The summed E-state index contributed by atoms with van der Waals surface area (Å²) in [5.74, 6) is 2.58. The van der Waals surface area contributed by atoms with Gasteiger partial charge in [0.15, 0.2) is 0 Å². The van der Waals surface area contributed by atoms with Crippen LogP contribution in [0.15, 0.2) is 24.3 Å². The van der Waals surface area contributed by atoms with E-state index in [1.54, 1.807) is 0 Å². The Morgan fingerprint density at radius 3 is 2.35 bits per heavy atom. The fourth-order valence-corrected chi connectivity index (χ4v) is 2.90. The summed E-state index contributed by atoms with van der Waals surface area (Å²) in [4.78, 5) is 0. The molecule has 0 saturated heterocycles. The standard InChI is InChI=1S/C17H27NO2/c1-3-17(4-2,14-8-9-14)13-20-16-7-5-6-15(12-16)19-11-10-18/h5-7,12,14H,3-4,8-11,13,18H2,1-2H3. The highest BCUT2D eigenvalue weighted by atomic mass is 16.5. The molecule has 0 heterocycles. The summed E-state index contributed by atoms with van der Waals surface area (Å²) in [6, 6.07) is 7.87. The van der Waals surface area contributed by atoms with Crippen LogP contribution in [0.5, 0.6) is 11.5 Å². The van der Waals surface area contributed by atoms with Crippen LogP contribution >= 0.6 is 0 Å². The molecule has 20 heavy (non-hydrogen) atoms. The summed E-state index contributed by atoms with van der Waals surface area (Å²) in [5, 5.41) is 0. The highest BCUT2D eigenvalue weighted by molar-refractivity contribution is 5.33. The first-order valence-electron chi connectivity index (χ1n) is 7.80. The Balaban J connectivity index is 1.95. The minimum absolute atomic E-state index is 0.355. The molecule has 112 valence electrons. The van der Waals surface area contributed by atoms with Crippen molar-refractivity contribution < 1.29 is 9.47 Å². The normalized spacial score (nSPS) is 15.2. The van der Waals surface area contributed by atoms with Gasteiger partial charge in [-0.25, -0.2) is 0 Å². The molecule has 3 nitrogen and oxygen atoms in total. The molecule has 1 aromatic carbocycles. The molecule has 1 aromatic rings. The Bertz CT molecular complexity index is 411. The molecule has 2 rings (SSSR count). The van der Waals surface area contributed by atoms with Crippen molar-refractivity contribution in [2.24, 2.45) is 17.1 Å².